The topological polar surface area (TPSA) is 36.3 Å². The Morgan fingerprint density at radius 2 is 2.03 bits per heavy atom. The quantitative estimate of drug-likeness (QED) is 0.836. The first kappa shape index (κ1) is 20.0. The molecular weight excluding hydrogens is 358 g/mol. The molecule has 2 aliphatic rings. The van der Waals surface area contributed by atoms with Crippen LogP contribution < -0.4 is 10.2 Å². The number of rotatable bonds is 4. The highest BCUT2D eigenvalue weighted by Crippen LogP contribution is 2.37. The Kier molecular flexibility index (Phi) is 5.19. The lowest BCUT2D eigenvalue weighted by Gasteiger charge is -2.48. The molecule has 1 aromatic carbocycles. The van der Waals surface area contributed by atoms with Gasteiger partial charge in [0.25, 0.3) is 0 Å². The van der Waals surface area contributed by atoms with Crippen molar-refractivity contribution in [3.8, 4) is 0 Å². The van der Waals surface area contributed by atoms with E-state index in [4.69, 9.17) is 5.10 Å². The molecule has 5 heteroatoms. The zero-order chi connectivity index (χ0) is 20.8. The maximum atomic E-state index is 4.91. The molecule has 0 spiro atoms. The van der Waals surface area contributed by atoms with Gasteiger partial charge in [-0.2, -0.15) is 5.10 Å². The Morgan fingerprint density at radius 1 is 1.24 bits per heavy atom. The van der Waals surface area contributed by atoms with E-state index in [1.54, 1.807) is 0 Å². The minimum Gasteiger partial charge on any atom is -0.364 e. The van der Waals surface area contributed by atoms with Crippen molar-refractivity contribution in [3.05, 3.63) is 48.4 Å². The SMILES string of the molecule is C=C1CCC(c2nn(C)c3cc(N4CCN(CCC)CC4(C)C)ccc23)C(=C)N1. The van der Waals surface area contributed by atoms with Gasteiger partial charge in [0.15, 0.2) is 0 Å². The number of aromatic nitrogens is 2. The molecule has 0 amide bonds. The van der Waals surface area contributed by atoms with Crippen LogP contribution in [0.3, 0.4) is 0 Å². The van der Waals surface area contributed by atoms with Gasteiger partial charge >= 0.3 is 0 Å². The minimum atomic E-state index is 0.116. The first-order valence-electron chi connectivity index (χ1n) is 10.9. The average Bonchev–Trinajstić information content (AvgIpc) is 2.97. The fraction of sp³-hybridized carbons (Fsp3) is 0.542. The summed E-state index contributed by atoms with van der Waals surface area (Å²) in [5.41, 5.74) is 5.80. The van der Waals surface area contributed by atoms with E-state index < -0.39 is 0 Å². The van der Waals surface area contributed by atoms with Crippen molar-refractivity contribution in [2.75, 3.05) is 31.1 Å². The van der Waals surface area contributed by atoms with Gasteiger partial charge in [-0.1, -0.05) is 20.1 Å². The molecule has 3 heterocycles. The van der Waals surface area contributed by atoms with E-state index in [2.05, 4.69) is 74.3 Å². The maximum absolute atomic E-state index is 4.91. The second-order valence-corrected chi connectivity index (χ2v) is 9.30. The Labute approximate surface area is 175 Å². The standard InChI is InChI=1S/C24H35N5/c1-7-12-28-13-14-29(24(4,5)16-28)19-9-11-21-22(15-19)27(6)26-23(21)20-10-8-17(2)25-18(20)3/h9,11,15,20,25H,2-3,7-8,10,12-14,16H2,1,4-6H3. The molecule has 2 aliphatic heterocycles. The van der Waals surface area contributed by atoms with Gasteiger partial charge in [0, 0.05) is 60.6 Å². The summed E-state index contributed by atoms with van der Waals surface area (Å²) in [7, 11) is 2.05. The number of piperazine rings is 1. The summed E-state index contributed by atoms with van der Waals surface area (Å²) in [6, 6.07) is 6.86. The smallest absolute Gasteiger partial charge is 0.0792 e. The summed E-state index contributed by atoms with van der Waals surface area (Å²) in [5, 5.41) is 9.48. The van der Waals surface area contributed by atoms with E-state index in [1.165, 1.54) is 29.6 Å². The van der Waals surface area contributed by atoms with Crippen molar-refractivity contribution in [1.82, 2.24) is 20.0 Å². The third-order valence-electron chi connectivity index (χ3n) is 6.52. The number of hydrogen-bond donors (Lipinski definition) is 1. The second-order valence-electron chi connectivity index (χ2n) is 9.30. The number of hydrogen-bond acceptors (Lipinski definition) is 4. The van der Waals surface area contributed by atoms with Gasteiger partial charge in [-0.05, 0) is 57.9 Å². The Hall–Kier alpha value is -2.27. The number of benzene rings is 1. The summed E-state index contributed by atoms with van der Waals surface area (Å²) < 4.78 is 2.03. The largest absolute Gasteiger partial charge is 0.364 e. The maximum Gasteiger partial charge on any atom is 0.0792 e. The summed E-state index contributed by atoms with van der Waals surface area (Å²) in [5.74, 6) is 0.240. The molecule has 2 saturated heterocycles. The van der Waals surface area contributed by atoms with Crippen molar-refractivity contribution < 1.29 is 0 Å². The van der Waals surface area contributed by atoms with Crippen LogP contribution >= 0.6 is 0 Å². The minimum absolute atomic E-state index is 0.116. The molecule has 1 atom stereocenters. The molecule has 0 aliphatic carbocycles. The molecule has 2 aromatic rings. The predicted octanol–water partition coefficient (Wildman–Crippen LogP) is 4.38. The number of nitrogens with one attached hydrogen (secondary N) is 1. The van der Waals surface area contributed by atoms with E-state index in [0.29, 0.717) is 0 Å². The third-order valence-corrected chi connectivity index (χ3v) is 6.52. The second kappa shape index (κ2) is 7.52. The van der Waals surface area contributed by atoms with Crippen molar-refractivity contribution in [1.29, 1.82) is 0 Å². The highest BCUT2D eigenvalue weighted by atomic mass is 15.3. The van der Waals surface area contributed by atoms with Gasteiger partial charge in [0.05, 0.1) is 11.2 Å². The van der Waals surface area contributed by atoms with Crippen LogP contribution in [0.5, 0.6) is 0 Å². The van der Waals surface area contributed by atoms with E-state index in [-0.39, 0.29) is 11.5 Å². The van der Waals surface area contributed by atoms with Gasteiger partial charge in [-0.3, -0.25) is 9.58 Å². The van der Waals surface area contributed by atoms with Crippen LogP contribution in [0.15, 0.2) is 42.8 Å². The van der Waals surface area contributed by atoms with E-state index in [1.807, 2.05) is 4.68 Å². The van der Waals surface area contributed by atoms with Gasteiger partial charge < -0.3 is 10.2 Å². The Bertz CT molecular complexity index is 938. The summed E-state index contributed by atoms with van der Waals surface area (Å²) in [6.07, 6.45) is 3.20. The monoisotopic (exact) mass is 393 g/mol. The van der Waals surface area contributed by atoms with Gasteiger partial charge in [0.2, 0.25) is 0 Å². The van der Waals surface area contributed by atoms with Crippen LogP contribution in [0.4, 0.5) is 5.69 Å². The van der Waals surface area contributed by atoms with Crippen LogP contribution in [0.25, 0.3) is 10.9 Å². The highest BCUT2D eigenvalue weighted by molar-refractivity contribution is 5.86. The molecule has 29 heavy (non-hydrogen) atoms. The zero-order valence-corrected chi connectivity index (χ0v) is 18.5. The molecule has 0 bridgehead atoms. The summed E-state index contributed by atoms with van der Waals surface area (Å²) >= 11 is 0. The van der Waals surface area contributed by atoms with Crippen LogP contribution in [-0.4, -0.2) is 46.4 Å². The lowest BCUT2D eigenvalue weighted by Crippen LogP contribution is -2.59. The molecule has 5 nitrogen and oxygen atoms in total. The van der Waals surface area contributed by atoms with E-state index in [0.717, 1.165) is 49.6 Å². The predicted molar refractivity (Wildman–Crippen MR) is 122 cm³/mol. The molecule has 1 unspecified atom stereocenters. The number of allylic oxidation sites excluding steroid dienone is 2. The van der Waals surface area contributed by atoms with Crippen molar-refractivity contribution in [3.63, 3.8) is 0 Å². The van der Waals surface area contributed by atoms with Gasteiger partial charge in [-0.15, -0.1) is 0 Å². The molecule has 1 aromatic heterocycles. The molecule has 156 valence electrons. The average molecular weight is 394 g/mol. The van der Waals surface area contributed by atoms with Gasteiger partial charge in [-0.25, -0.2) is 0 Å². The van der Waals surface area contributed by atoms with Crippen LogP contribution in [-0.2, 0) is 7.05 Å². The van der Waals surface area contributed by atoms with Crippen molar-refractivity contribution >= 4 is 16.6 Å². The first-order chi connectivity index (χ1) is 13.8. The number of anilines is 1. The molecule has 2 fully saturated rings. The Balaban J connectivity index is 1.65. The number of aryl methyl sites for hydroxylation is 1. The molecular formula is C24H35N5. The normalized spacial score (nSPS) is 22.9. The fourth-order valence-electron chi connectivity index (χ4n) is 5.11. The molecule has 1 N–H and O–H groups in total. The molecule has 4 rings (SSSR count). The zero-order valence-electron chi connectivity index (χ0n) is 18.5. The molecule has 0 saturated carbocycles. The van der Waals surface area contributed by atoms with Gasteiger partial charge in [0.1, 0.15) is 0 Å². The Morgan fingerprint density at radius 3 is 2.72 bits per heavy atom. The highest BCUT2D eigenvalue weighted by Gasteiger charge is 2.34. The van der Waals surface area contributed by atoms with Crippen LogP contribution in [0, 0.1) is 0 Å². The fourth-order valence-corrected chi connectivity index (χ4v) is 5.11. The van der Waals surface area contributed by atoms with Crippen LogP contribution in [0.1, 0.15) is 51.6 Å². The van der Waals surface area contributed by atoms with Crippen molar-refractivity contribution in [2.24, 2.45) is 7.05 Å². The van der Waals surface area contributed by atoms with Crippen molar-refractivity contribution in [2.45, 2.75) is 51.5 Å². The molecule has 0 radical (unpaired) electrons. The lowest BCUT2D eigenvalue weighted by atomic mass is 9.90. The number of nitrogens with zero attached hydrogens (tertiary/aromatic N) is 4. The van der Waals surface area contributed by atoms with Crippen LogP contribution in [0.2, 0.25) is 0 Å². The lowest BCUT2D eigenvalue weighted by molar-refractivity contribution is 0.183. The summed E-state index contributed by atoms with van der Waals surface area (Å²) in [6.45, 7) is 19.8. The number of piperidine rings is 1. The first-order valence-corrected chi connectivity index (χ1v) is 10.9. The summed E-state index contributed by atoms with van der Waals surface area (Å²) in [4.78, 5) is 5.16. The van der Waals surface area contributed by atoms with E-state index in [9.17, 15) is 0 Å². The number of fused-ring (bicyclic) bond motifs is 1. The third kappa shape index (κ3) is 3.68. The van der Waals surface area contributed by atoms with E-state index >= 15 is 0 Å².